The number of aromatic nitrogens is 2. The normalized spacial score (nSPS) is 17.7. The zero-order chi connectivity index (χ0) is 24.5. The summed E-state index contributed by atoms with van der Waals surface area (Å²) < 4.78 is 56.0. The molecule has 0 unspecified atom stereocenters. The summed E-state index contributed by atoms with van der Waals surface area (Å²) in [7, 11) is 0. The molecule has 2 atom stereocenters. The summed E-state index contributed by atoms with van der Waals surface area (Å²) in [4.78, 5) is 12.5. The molecule has 0 saturated carbocycles. The summed E-state index contributed by atoms with van der Waals surface area (Å²) in [6, 6.07) is 9.70. The topological polar surface area (TPSA) is 59.0 Å². The number of amides is 1. The minimum absolute atomic E-state index is 0.130. The van der Waals surface area contributed by atoms with E-state index in [1.165, 1.54) is 12.3 Å². The number of aryl methyl sites for hydroxylation is 2. The summed E-state index contributed by atoms with van der Waals surface area (Å²) in [6.07, 6.45) is -2.66. The monoisotopic (exact) mass is 474 g/mol. The lowest BCUT2D eigenvalue weighted by molar-refractivity contribution is -0.173. The van der Waals surface area contributed by atoms with E-state index in [9.17, 15) is 22.4 Å². The quantitative estimate of drug-likeness (QED) is 0.470. The van der Waals surface area contributed by atoms with Gasteiger partial charge in [-0.05, 0) is 41.7 Å². The van der Waals surface area contributed by atoms with Crippen LogP contribution in [0.3, 0.4) is 0 Å². The Kier molecular flexibility index (Phi) is 6.63. The number of hydrogen-bond acceptors (Lipinski definition) is 3. The molecule has 0 fully saturated rings. The molecule has 2 heterocycles. The fourth-order valence-corrected chi connectivity index (χ4v) is 4.20. The molecule has 3 aromatic rings. The van der Waals surface area contributed by atoms with E-state index in [0.717, 1.165) is 27.8 Å². The molecule has 0 bridgehead atoms. The molecule has 2 N–H and O–H groups in total. The van der Waals surface area contributed by atoms with Crippen LogP contribution in [0.1, 0.15) is 53.2 Å². The third-order valence-electron chi connectivity index (χ3n) is 6.17. The molecule has 2 aromatic carbocycles. The summed E-state index contributed by atoms with van der Waals surface area (Å²) in [5, 5.41) is 9.88. The van der Waals surface area contributed by atoms with E-state index in [4.69, 9.17) is 0 Å². The van der Waals surface area contributed by atoms with Gasteiger partial charge < -0.3 is 10.6 Å². The third-order valence-corrected chi connectivity index (χ3v) is 6.17. The fourth-order valence-electron chi connectivity index (χ4n) is 4.20. The van der Waals surface area contributed by atoms with E-state index in [-0.39, 0.29) is 36.9 Å². The highest BCUT2D eigenvalue weighted by Gasteiger charge is 2.46. The lowest BCUT2D eigenvalue weighted by Crippen LogP contribution is -2.36. The lowest BCUT2D eigenvalue weighted by Gasteiger charge is -2.34. The number of anilines is 1. The number of fused-ring (bicyclic) bond motifs is 1. The zero-order valence-corrected chi connectivity index (χ0v) is 18.9. The van der Waals surface area contributed by atoms with Gasteiger partial charge in [-0.15, -0.1) is 0 Å². The van der Waals surface area contributed by atoms with E-state index in [1.54, 1.807) is 19.1 Å². The van der Waals surface area contributed by atoms with Gasteiger partial charge in [0.15, 0.2) is 6.04 Å². The Morgan fingerprint density at radius 3 is 2.53 bits per heavy atom. The van der Waals surface area contributed by atoms with Gasteiger partial charge in [0.05, 0.1) is 18.7 Å². The van der Waals surface area contributed by atoms with Crippen molar-refractivity contribution in [1.82, 2.24) is 15.1 Å². The summed E-state index contributed by atoms with van der Waals surface area (Å²) in [5.74, 6) is -0.491. The molecule has 1 aliphatic heterocycles. The molecule has 34 heavy (non-hydrogen) atoms. The van der Waals surface area contributed by atoms with Crippen molar-refractivity contribution in [3.63, 3.8) is 0 Å². The van der Waals surface area contributed by atoms with Crippen LogP contribution in [-0.4, -0.2) is 21.9 Å². The van der Waals surface area contributed by atoms with Gasteiger partial charge in [0.1, 0.15) is 11.6 Å². The van der Waals surface area contributed by atoms with Crippen molar-refractivity contribution in [2.45, 2.75) is 57.9 Å². The Morgan fingerprint density at radius 2 is 1.88 bits per heavy atom. The first kappa shape index (κ1) is 23.8. The van der Waals surface area contributed by atoms with Crippen LogP contribution < -0.4 is 10.6 Å². The number of rotatable bonds is 6. The van der Waals surface area contributed by atoms with Crippen molar-refractivity contribution in [3.8, 4) is 0 Å². The van der Waals surface area contributed by atoms with Crippen LogP contribution in [0.5, 0.6) is 0 Å². The van der Waals surface area contributed by atoms with Crippen LogP contribution in [0.4, 0.5) is 23.4 Å². The van der Waals surface area contributed by atoms with Gasteiger partial charge in [-0.25, -0.2) is 9.07 Å². The fraction of sp³-hybridized carbons (Fsp3) is 0.360. The van der Waals surface area contributed by atoms with Crippen molar-refractivity contribution in [2.24, 2.45) is 0 Å². The summed E-state index contributed by atoms with van der Waals surface area (Å²) in [6.45, 7) is 3.84. The number of alkyl halides is 3. The number of hydrogen-bond donors (Lipinski definition) is 2. The standard InChI is InChI=1S/C25H26F4N4O/c1-3-16-4-7-18(8-5-16)21-12-22(25(27,28)29)33-24(32-21)19(14-31-33)11-23(34)30-13-17-6-9-20(26)15(2)10-17/h4-10,14,21-22,32H,3,11-13H2,1-2H3,(H,30,34)/t21-,22+/m0/s1. The van der Waals surface area contributed by atoms with Gasteiger partial charge in [-0.3, -0.25) is 4.79 Å². The first-order valence-corrected chi connectivity index (χ1v) is 11.2. The van der Waals surface area contributed by atoms with Crippen molar-refractivity contribution in [2.75, 3.05) is 5.32 Å². The molecule has 0 aliphatic carbocycles. The van der Waals surface area contributed by atoms with Crippen LogP contribution in [0, 0.1) is 12.7 Å². The maximum absolute atomic E-state index is 13.9. The lowest BCUT2D eigenvalue weighted by atomic mass is 9.95. The molecule has 1 aliphatic rings. The van der Waals surface area contributed by atoms with Crippen LogP contribution in [0.2, 0.25) is 0 Å². The van der Waals surface area contributed by atoms with Gasteiger partial charge in [-0.1, -0.05) is 43.3 Å². The molecule has 180 valence electrons. The number of nitrogens with zero attached hydrogens (tertiary/aromatic N) is 2. The highest BCUT2D eigenvalue weighted by molar-refractivity contribution is 5.80. The van der Waals surface area contributed by atoms with Crippen molar-refractivity contribution in [1.29, 1.82) is 0 Å². The largest absolute Gasteiger partial charge is 0.410 e. The number of nitrogens with one attached hydrogen (secondary N) is 2. The first-order valence-electron chi connectivity index (χ1n) is 11.2. The van der Waals surface area contributed by atoms with Crippen LogP contribution in [-0.2, 0) is 24.2 Å². The van der Waals surface area contributed by atoms with Crippen molar-refractivity contribution < 1.29 is 22.4 Å². The first-order chi connectivity index (χ1) is 16.2. The minimum atomic E-state index is -4.48. The van der Waals surface area contributed by atoms with E-state index in [2.05, 4.69) is 15.7 Å². The smallest absolute Gasteiger partial charge is 0.363 e. The molecular formula is C25H26F4N4O. The Balaban J connectivity index is 1.52. The second kappa shape index (κ2) is 9.48. The molecular weight excluding hydrogens is 448 g/mol. The second-order valence-electron chi connectivity index (χ2n) is 8.59. The van der Waals surface area contributed by atoms with E-state index in [1.807, 2.05) is 31.2 Å². The molecule has 4 rings (SSSR count). The van der Waals surface area contributed by atoms with Gasteiger partial charge >= 0.3 is 6.18 Å². The van der Waals surface area contributed by atoms with Crippen LogP contribution in [0.25, 0.3) is 0 Å². The molecule has 1 aromatic heterocycles. The van der Waals surface area contributed by atoms with Crippen LogP contribution in [0.15, 0.2) is 48.7 Å². The third kappa shape index (κ3) is 5.08. The maximum Gasteiger partial charge on any atom is 0.410 e. The predicted molar refractivity (Wildman–Crippen MR) is 121 cm³/mol. The predicted octanol–water partition coefficient (Wildman–Crippen LogP) is 5.41. The van der Waals surface area contributed by atoms with Gasteiger partial charge in [0.2, 0.25) is 5.91 Å². The molecule has 0 spiro atoms. The molecule has 9 heteroatoms. The highest BCUT2D eigenvalue weighted by atomic mass is 19.4. The average molecular weight is 475 g/mol. The highest BCUT2D eigenvalue weighted by Crippen LogP contribution is 2.44. The summed E-state index contributed by atoms with van der Waals surface area (Å²) in [5.41, 5.74) is 3.44. The van der Waals surface area contributed by atoms with Gasteiger partial charge in [0, 0.05) is 18.5 Å². The number of halogens is 4. The number of carbonyl (C=O) groups excluding carboxylic acids is 1. The molecule has 0 radical (unpaired) electrons. The van der Waals surface area contributed by atoms with E-state index >= 15 is 0 Å². The zero-order valence-electron chi connectivity index (χ0n) is 18.9. The Labute approximate surface area is 195 Å². The van der Waals surface area contributed by atoms with Gasteiger partial charge in [0.25, 0.3) is 0 Å². The SMILES string of the molecule is CCc1ccc([C@@H]2C[C@H](C(F)(F)F)n3ncc(CC(=O)NCc4ccc(F)c(C)c4)c3N2)cc1. The van der Waals surface area contributed by atoms with E-state index < -0.39 is 18.3 Å². The second-order valence-corrected chi connectivity index (χ2v) is 8.59. The maximum atomic E-state index is 13.9. The minimum Gasteiger partial charge on any atom is -0.363 e. The van der Waals surface area contributed by atoms with Gasteiger partial charge in [-0.2, -0.15) is 18.3 Å². The number of carbonyl (C=O) groups is 1. The van der Waals surface area contributed by atoms with Crippen LogP contribution >= 0.6 is 0 Å². The Morgan fingerprint density at radius 1 is 1.18 bits per heavy atom. The number of benzene rings is 2. The summed E-state index contributed by atoms with van der Waals surface area (Å²) >= 11 is 0. The average Bonchev–Trinajstić information content (AvgIpc) is 3.21. The van der Waals surface area contributed by atoms with E-state index in [0.29, 0.717) is 11.1 Å². The Hall–Kier alpha value is -3.36. The Bertz CT molecular complexity index is 1170. The molecule has 0 saturated heterocycles. The molecule has 1 amide bonds. The van der Waals surface area contributed by atoms with Crippen molar-refractivity contribution in [3.05, 3.63) is 82.3 Å². The molecule has 5 nitrogen and oxygen atoms in total. The van der Waals surface area contributed by atoms with Crippen molar-refractivity contribution >= 4 is 11.7 Å².